The first-order chi connectivity index (χ1) is 10.3. The van der Waals surface area contributed by atoms with Gasteiger partial charge >= 0.3 is 0 Å². The molecule has 3 heteroatoms. The molecule has 2 aliphatic rings. The zero-order valence-corrected chi connectivity index (χ0v) is 12.8. The van der Waals surface area contributed by atoms with E-state index in [0.29, 0.717) is 11.9 Å². The van der Waals surface area contributed by atoms with Crippen molar-refractivity contribution in [2.24, 2.45) is 5.92 Å². The van der Waals surface area contributed by atoms with Crippen LogP contribution in [0.25, 0.3) is 0 Å². The minimum absolute atomic E-state index is 0.215. The first kappa shape index (κ1) is 14.4. The lowest BCUT2D eigenvalue weighted by Crippen LogP contribution is -2.44. The van der Waals surface area contributed by atoms with Crippen LogP contribution in [0.2, 0.25) is 0 Å². The van der Waals surface area contributed by atoms with Gasteiger partial charge in [-0.3, -0.25) is 4.79 Å². The Morgan fingerprint density at radius 2 is 1.62 bits per heavy atom. The van der Waals surface area contributed by atoms with Crippen molar-refractivity contribution in [1.29, 1.82) is 0 Å². The second kappa shape index (κ2) is 6.97. The van der Waals surface area contributed by atoms with Crippen molar-refractivity contribution in [2.75, 3.05) is 18.0 Å². The molecule has 21 heavy (non-hydrogen) atoms. The molecule has 0 spiro atoms. The summed E-state index contributed by atoms with van der Waals surface area (Å²) in [4.78, 5) is 14.8. The topological polar surface area (TPSA) is 32.3 Å². The summed E-state index contributed by atoms with van der Waals surface area (Å²) in [5.41, 5.74) is 1.28. The predicted molar refractivity (Wildman–Crippen MR) is 86.4 cm³/mol. The van der Waals surface area contributed by atoms with Gasteiger partial charge in [-0.1, -0.05) is 37.5 Å². The Bertz CT molecular complexity index is 446. The van der Waals surface area contributed by atoms with E-state index in [2.05, 4.69) is 34.5 Å². The zero-order valence-electron chi connectivity index (χ0n) is 12.8. The second-order valence-electron chi connectivity index (χ2n) is 6.44. The number of para-hydroxylation sites is 1. The highest BCUT2D eigenvalue weighted by molar-refractivity contribution is 5.79. The van der Waals surface area contributed by atoms with Gasteiger partial charge in [-0.15, -0.1) is 0 Å². The van der Waals surface area contributed by atoms with Gasteiger partial charge in [0, 0.05) is 30.7 Å². The Balaban J connectivity index is 1.47. The largest absolute Gasteiger partial charge is 0.371 e. The maximum atomic E-state index is 12.4. The molecule has 1 aromatic rings. The molecule has 1 aliphatic carbocycles. The molecule has 0 radical (unpaired) electrons. The van der Waals surface area contributed by atoms with Gasteiger partial charge < -0.3 is 10.2 Å². The van der Waals surface area contributed by atoms with Crippen molar-refractivity contribution in [3.05, 3.63) is 30.3 Å². The van der Waals surface area contributed by atoms with Crippen LogP contribution in [0.15, 0.2) is 30.3 Å². The Morgan fingerprint density at radius 3 is 2.29 bits per heavy atom. The second-order valence-corrected chi connectivity index (χ2v) is 6.44. The molecular formula is C18H26N2O. The van der Waals surface area contributed by atoms with Gasteiger partial charge in [-0.05, 0) is 37.8 Å². The smallest absolute Gasteiger partial charge is 0.223 e. The molecule has 2 fully saturated rings. The molecule has 1 heterocycles. The summed E-state index contributed by atoms with van der Waals surface area (Å²) in [6.45, 7) is 1.99. The molecule has 3 rings (SSSR count). The van der Waals surface area contributed by atoms with Crippen molar-refractivity contribution in [3.8, 4) is 0 Å². The quantitative estimate of drug-likeness (QED) is 0.924. The van der Waals surface area contributed by atoms with Gasteiger partial charge in [-0.2, -0.15) is 0 Å². The van der Waals surface area contributed by atoms with Crippen LogP contribution in [-0.4, -0.2) is 25.0 Å². The SMILES string of the molecule is O=C(NC1CCCCC1)C1CCN(c2ccccc2)CC1. The van der Waals surface area contributed by atoms with Crippen LogP contribution in [-0.2, 0) is 4.79 Å². The summed E-state index contributed by atoms with van der Waals surface area (Å²) in [5.74, 6) is 0.515. The Hall–Kier alpha value is -1.51. The first-order valence-electron chi connectivity index (χ1n) is 8.43. The monoisotopic (exact) mass is 286 g/mol. The first-order valence-corrected chi connectivity index (χ1v) is 8.43. The number of rotatable bonds is 3. The minimum Gasteiger partial charge on any atom is -0.371 e. The fourth-order valence-electron chi connectivity index (χ4n) is 3.60. The van der Waals surface area contributed by atoms with Gasteiger partial charge in [-0.25, -0.2) is 0 Å². The number of benzene rings is 1. The number of hydrogen-bond donors (Lipinski definition) is 1. The molecule has 0 aromatic heterocycles. The number of nitrogens with zero attached hydrogens (tertiary/aromatic N) is 1. The molecule has 0 atom stereocenters. The maximum Gasteiger partial charge on any atom is 0.223 e. The van der Waals surface area contributed by atoms with Gasteiger partial charge in [0.2, 0.25) is 5.91 Å². The van der Waals surface area contributed by atoms with Crippen LogP contribution in [0.4, 0.5) is 5.69 Å². The normalized spacial score (nSPS) is 21.2. The van der Waals surface area contributed by atoms with Gasteiger partial charge in [0.1, 0.15) is 0 Å². The molecule has 0 unspecified atom stereocenters. The fourth-order valence-corrected chi connectivity index (χ4v) is 3.60. The van der Waals surface area contributed by atoms with E-state index in [9.17, 15) is 4.79 Å². The number of nitrogens with one attached hydrogen (secondary N) is 1. The molecule has 1 N–H and O–H groups in total. The highest BCUT2D eigenvalue weighted by Gasteiger charge is 2.26. The molecule has 3 nitrogen and oxygen atoms in total. The summed E-state index contributed by atoms with van der Waals surface area (Å²) >= 11 is 0. The molecule has 0 bridgehead atoms. The van der Waals surface area contributed by atoms with E-state index in [-0.39, 0.29) is 5.92 Å². The van der Waals surface area contributed by atoms with Crippen LogP contribution < -0.4 is 10.2 Å². The summed E-state index contributed by atoms with van der Waals surface area (Å²) in [7, 11) is 0. The Labute approximate surface area is 127 Å². The van der Waals surface area contributed by atoms with Gasteiger partial charge in [0.25, 0.3) is 0 Å². The van der Waals surface area contributed by atoms with Crippen LogP contribution in [0, 0.1) is 5.92 Å². The third-order valence-electron chi connectivity index (χ3n) is 4.94. The van der Waals surface area contributed by atoms with Crippen molar-refractivity contribution in [1.82, 2.24) is 5.32 Å². The van der Waals surface area contributed by atoms with Crippen molar-refractivity contribution in [3.63, 3.8) is 0 Å². The highest BCUT2D eigenvalue weighted by Crippen LogP contribution is 2.24. The average molecular weight is 286 g/mol. The van der Waals surface area contributed by atoms with Gasteiger partial charge in [0.05, 0.1) is 0 Å². The molecule has 1 aromatic carbocycles. The predicted octanol–water partition coefficient (Wildman–Crippen LogP) is 3.35. The number of anilines is 1. The minimum atomic E-state index is 0.215. The number of hydrogen-bond acceptors (Lipinski definition) is 2. The third-order valence-corrected chi connectivity index (χ3v) is 4.94. The third kappa shape index (κ3) is 3.78. The van der Waals surface area contributed by atoms with Crippen LogP contribution in [0.1, 0.15) is 44.9 Å². The van der Waals surface area contributed by atoms with E-state index in [4.69, 9.17) is 0 Å². The maximum absolute atomic E-state index is 12.4. The van der Waals surface area contributed by atoms with Crippen LogP contribution in [0.3, 0.4) is 0 Å². The molecular weight excluding hydrogens is 260 g/mol. The lowest BCUT2D eigenvalue weighted by atomic mass is 9.92. The number of carbonyl (C=O) groups excluding carboxylic acids is 1. The summed E-state index contributed by atoms with van der Waals surface area (Å²) in [6, 6.07) is 11.0. The van der Waals surface area contributed by atoms with E-state index in [1.54, 1.807) is 0 Å². The van der Waals surface area contributed by atoms with E-state index >= 15 is 0 Å². The highest BCUT2D eigenvalue weighted by atomic mass is 16.1. The number of amides is 1. The van der Waals surface area contributed by atoms with E-state index in [1.807, 2.05) is 6.07 Å². The molecule has 1 saturated heterocycles. The van der Waals surface area contributed by atoms with E-state index in [0.717, 1.165) is 25.9 Å². The van der Waals surface area contributed by atoms with E-state index < -0.39 is 0 Å². The summed E-state index contributed by atoms with van der Waals surface area (Å²) < 4.78 is 0. The standard InChI is InChI=1S/C18H26N2O/c21-18(19-16-7-3-1-4-8-16)15-11-13-20(14-12-15)17-9-5-2-6-10-17/h2,5-6,9-10,15-16H,1,3-4,7-8,11-14H2,(H,19,21). The molecule has 114 valence electrons. The summed E-state index contributed by atoms with van der Waals surface area (Å²) in [6.07, 6.45) is 8.20. The van der Waals surface area contributed by atoms with Gasteiger partial charge in [0.15, 0.2) is 0 Å². The summed E-state index contributed by atoms with van der Waals surface area (Å²) in [5, 5.41) is 3.29. The van der Waals surface area contributed by atoms with Crippen molar-refractivity contribution in [2.45, 2.75) is 51.0 Å². The van der Waals surface area contributed by atoms with Crippen LogP contribution >= 0.6 is 0 Å². The van der Waals surface area contributed by atoms with Crippen LogP contribution in [0.5, 0.6) is 0 Å². The number of piperidine rings is 1. The fraction of sp³-hybridized carbons (Fsp3) is 0.611. The lowest BCUT2D eigenvalue weighted by molar-refractivity contribution is -0.126. The zero-order chi connectivity index (χ0) is 14.5. The Kier molecular flexibility index (Phi) is 4.79. The molecule has 1 amide bonds. The molecule has 1 saturated carbocycles. The van der Waals surface area contributed by atoms with E-state index in [1.165, 1.54) is 37.8 Å². The molecule has 1 aliphatic heterocycles. The number of carbonyl (C=O) groups is 1. The Morgan fingerprint density at radius 1 is 0.952 bits per heavy atom. The lowest BCUT2D eigenvalue weighted by Gasteiger charge is -2.34. The van der Waals surface area contributed by atoms with Crippen molar-refractivity contribution < 1.29 is 4.79 Å². The van der Waals surface area contributed by atoms with Crippen molar-refractivity contribution >= 4 is 11.6 Å². The average Bonchev–Trinajstić information content (AvgIpc) is 2.57.